The average Bonchev–Trinajstić information content (AvgIpc) is 2.29. The van der Waals surface area contributed by atoms with Gasteiger partial charge in [-0.25, -0.2) is 0 Å². The number of aliphatic hydroxyl groups excluding tert-OH is 1. The molecule has 1 rings (SSSR count). The van der Waals surface area contributed by atoms with E-state index in [1.807, 2.05) is 0 Å². The summed E-state index contributed by atoms with van der Waals surface area (Å²) >= 11 is 11.6. The first-order valence-corrected chi connectivity index (χ1v) is 5.61. The zero-order valence-electron chi connectivity index (χ0n) is 9.35. The summed E-state index contributed by atoms with van der Waals surface area (Å²) < 4.78 is 0. The minimum Gasteiger partial charge on any atom is -0.394 e. The van der Waals surface area contributed by atoms with Crippen molar-refractivity contribution >= 4 is 34.6 Å². The van der Waals surface area contributed by atoms with Gasteiger partial charge in [-0.3, -0.25) is 10.1 Å². The Bertz CT molecular complexity index is 440. The summed E-state index contributed by atoms with van der Waals surface area (Å²) in [4.78, 5) is 12.0. The molecule has 0 radical (unpaired) electrons. The van der Waals surface area contributed by atoms with E-state index in [2.05, 4.69) is 0 Å². The Morgan fingerprint density at radius 3 is 2.47 bits per heavy atom. The van der Waals surface area contributed by atoms with Gasteiger partial charge in [0.15, 0.2) is 0 Å². The number of hydrogen-bond acceptors (Lipinski definition) is 4. The van der Waals surface area contributed by atoms with Gasteiger partial charge >= 0.3 is 0 Å². The molecule has 0 fully saturated rings. The molecular weight excluding hydrogens is 267 g/mol. The Balaban J connectivity index is 3.30. The predicted molar refractivity (Wildman–Crippen MR) is 68.1 cm³/mol. The molecule has 0 aromatic heterocycles. The molecular formula is C10H12Cl2N2O3. The number of aliphatic hydroxyl groups is 1. The van der Waals surface area contributed by atoms with Crippen molar-refractivity contribution in [3.63, 3.8) is 0 Å². The summed E-state index contributed by atoms with van der Waals surface area (Å²) in [7, 11) is 1.65. The molecule has 7 heteroatoms. The van der Waals surface area contributed by atoms with Gasteiger partial charge < -0.3 is 10.0 Å². The third-order valence-corrected chi connectivity index (χ3v) is 3.24. The van der Waals surface area contributed by atoms with E-state index in [-0.39, 0.29) is 28.4 Å². The van der Waals surface area contributed by atoms with E-state index in [1.165, 1.54) is 12.1 Å². The largest absolute Gasteiger partial charge is 0.394 e. The number of nitrogens with zero attached hydrogens (tertiary/aromatic N) is 2. The lowest BCUT2D eigenvalue weighted by Crippen LogP contribution is -2.32. The second-order valence-corrected chi connectivity index (χ2v) is 4.47. The van der Waals surface area contributed by atoms with Crippen LogP contribution < -0.4 is 4.90 Å². The highest BCUT2D eigenvalue weighted by molar-refractivity contribution is 6.42. The van der Waals surface area contributed by atoms with Gasteiger partial charge in [-0.15, -0.1) is 0 Å². The first-order chi connectivity index (χ1) is 7.88. The standard InChI is InChI=1S/C10H12Cl2N2O3/c1-6(5-15)13(2)9-3-7(11)8(12)4-10(9)14(16)17/h3-4,6,15H,5H2,1-2H3. The molecule has 5 nitrogen and oxygen atoms in total. The van der Waals surface area contributed by atoms with Crippen LogP contribution in [0.15, 0.2) is 12.1 Å². The van der Waals surface area contributed by atoms with Gasteiger partial charge in [0.1, 0.15) is 5.69 Å². The number of hydrogen-bond donors (Lipinski definition) is 1. The molecule has 1 aromatic carbocycles. The fourth-order valence-electron chi connectivity index (χ4n) is 1.31. The minimum absolute atomic E-state index is 0.117. The van der Waals surface area contributed by atoms with E-state index in [1.54, 1.807) is 18.9 Å². The number of benzene rings is 1. The maximum atomic E-state index is 10.9. The van der Waals surface area contributed by atoms with Crippen LogP contribution in [0.2, 0.25) is 10.0 Å². The smallest absolute Gasteiger partial charge is 0.294 e. The van der Waals surface area contributed by atoms with Crippen LogP contribution in [0.5, 0.6) is 0 Å². The summed E-state index contributed by atoms with van der Waals surface area (Å²) in [6.07, 6.45) is 0. The van der Waals surface area contributed by atoms with E-state index in [0.717, 1.165) is 0 Å². The van der Waals surface area contributed by atoms with Gasteiger partial charge in [-0.1, -0.05) is 23.2 Å². The maximum Gasteiger partial charge on any atom is 0.294 e. The Hall–Kier alpha value is -1.04. The van der Waals surface area contributed by atoms with Crippen molar-refractivity contribution in [2.45, 2.75) is 13.0 Å². The van der Waals surface area contributed by atoms with Gasteiger partial charge in [0.05, 0.1) is 21.6 Å². The van der Waals surface area contributed by atoms with Crippen LogP contribution in [0.1, 0.15) is 6.92 Å². The predicted octanol–water partition coefficient (Wildman–Crippen LogP) is 2.72. The molecule has 1 unspecified atom stereocenters. The average molecular weight is 279 g/mol. The monoisotopic (exact) mass is 278 g/mol. The van der Waals surface area contributed by atoms with Gasteiger partial charge in [0.2, 0.25) is 0 Å². The first-order valence-electron chi connectivity index (χ1n) is 4.85. The molecule has 0 saturated heterocycles. The summed E-state index contributed by atoms with van der Waals surface area (Å²) in [5.74, 6) is 0. The molecule has 94 valence electrons. The van der Waals surface area contributed by atoms with Crippen LogP contribution in [0.4, 0.5) is 11.4 Å². The van der Waals surface area contributed by atoms with Crippen molar-refractivity contribution in [1.82, 2.24) is 0 Å². The second kappa shape index (κ2) is 5.53. The first kappa shape index (κ1) is 14.0. The lowest BCUT2D eigenvalue weighted by Gasteiger charge is -2.25. The Morgan fingerprint density at radius 2 is 2.00 bits per heavy atom. The number of rotatable bonds is 4. The SMILES string of the molecule is CC(CO)N(C)c1cc(Cl)c(Cl)cc1[N+](=O)[O-]. The maximum absolute atomic E-state index is 10.9. The molecule has 1 N–H and O–H groups in total. The zero-order valence-corrected chi connectivity index (χ0v) is 10.9. The summed E-state index contributed by atoms with van der Waals surface area (Å²) in [6, 6.07) is 2.37. The topological polar surface area (TPSA) is 66.6 Å². The van der Waals surface area contributed by atoms with Crippen LogP contribution >= 0.6 is 23.2 Å². The number of halogens is 2. The third kappa shape index (κ3) is 3.00. The van der Waals surface area contributed by atoms with Gasteiger partial charge in [-0.05, 0) is 13.0 Å². The summed E-state index contributed by atoms with van der Waals surface area (Å²) in [6.45, 7) is 1.63. The lowest BCUT2D eigenvalue weighted by molar-refractivity contribution is -0.384. The van der Waals surface area contributed by atoms with Crippen LogP contribution in [0.25, 0.3) is 0 Å². The Labute approximate surface area is 109 Å². The highest BCUT2D eigenvalue weighted by Crippen LogP contribution is 2.36. The molecule has 0 aliphatic rings. The summed E-state index contributed by atoms with van der Waals surface area (Å²) in [5.41, 5.74) is 0.188. The van der Waals surface area contributed by atoms with Gasteiger partial charge in [0, 0.05) is 19.2 Å². The third-order valence-electron chi connectivity index (χ3n) is 2.52. The molecule has 0 amide bonds. The van der Waals surface area contributed by atoms with Gasteiger partial charge in [0.25, 0.3) is 5.69 Å². The molecule has 17 heavy (non-hydrogen) atoms. The zero-order chi connectivity index (χ0) is 13.2. The van der Waals surface area contributed by atoms with Crippen LogP contribution in [-0.2, 0) is 0 Å². The molecule has 0 aliphatic carbocycles. The fourth-order valence-corrected chi connectivity index (χ4v) is 1.63. The van der Waals surface area contributed by atoms with Crippen molar-refractivity contribution in [2.24, 2.45) is 0 Å². The number of likely N-dealkylation sites (N-methyl/N-ethyl adjacent to an activating group) is 1. The van der Waals surface area contributed by atoms with E-state index in [0.29, 0.717) is 5.69 Å². The normalized spacial score (nSPS) is 12.3. The van der Waals surface area contributed by atoms with Crippen LogP contribution in [0, 0.1) is 10.1 Å². The van der Waals surface area contributed by atoms with Gasteiger partial charge in [-0.2, -0.15) is 0 Å². The molecule has 0 aliphatic heterocycles. The number of nitro groups is 1. The van der Waals surface area contributed by atoms with Crippen LogP contribution in [-0.4, -0.2) is 29.7 Å². The lowest BCUT2D eigenvalue weighted by atomic mass is 10.2. The van der Waals surface area contributed by atoms with Crippen LogP contribution in [0.3, 0.4) is 0 Å². The molecule has 0 bridgehead atoms. The molecule has 0 heterocycles. The highest BCUT2D eigenvalue weighted by Gasteiger charge is 2.22. The van der Waals surface area contributed by atoms with Crippen molar-refractivity contribution in [2.75, 3.05) is 18.6 Å². The quantitative estimate of drug-likeness (QED) is 0.679. The Kier molecular flexibility index (Phi) is 4.56. The highest BCUT2D eigenvalue weighted by atomic mass is 35.5. The summed E-state index contributed by atoms with van der Waals surface area (Å²) in [5, 5.41) is 20.3. The van der Waals surface area contributed by atoms with Crippen molar-refractivity contribution in [3.8, 4) is 0 Å². The van der Waals surface area contributed by atoms with Crippen molar-refractivity contribution < 1.29 is 10.0 Å². The van der Waals surface area contributed by atoms with Crippen molar-refractivity contribution in [3.05, 3.63) is 32.3 Å². The van der Waals surface area contributed by atoms with E-state index in [4.69, 9.17) is 28.3 Å². The van der Waals surface area contributed by atoms with E-state index >= 15 is 0 Å². The molecule has 0 spiro atoms. The number of nitro benzene ring substituents is 1. The van der Waals surface area contributed by atoms with Crippen molar-refractivity contribution in [1.29, 1.82) is 0 Å². The molecule has 1 atom stereocenters. The molecule has 1 aromatic rings. The van der Waals surface area contributed by atoms with E-state index < -0.39 is 4.92 Å². The molecule has 0 saturated carbocycles. The number of anilines is 1. The fraction of sp³-hybridized carbons (Fsp3) is 0.400. The Morgan fingerprint density at radius 1 is 1.47 bits per heavy atom. The van der Waals surface area contributed by atoms with E-state index in [9.17, 15) is 10.1 Å². The minimum atomic E-state index is -0.530. The second-order valence-electron chi connectivity index (χ2n) is 3.65.